The van der Waals surface area contributed by atoms with Crippen LogP contribution in [0.4, 0.5) is 0 Å². The lowest BCUT2D eigenvalue weighted by Crippen LogP contribution is -2.14. The van der Waals surface area contributed by atoms with Gasteiger partial charge in [-0.25, -0.2) is 9.97 Å². The van der Waals surface area contributed by atoms with Gasteiger partial charge in [0, 0.05) is 17.1 Å². The standard InChI is InChI=1S/C27H39N2O3P/c1-8-22-9-10-27(5,18-22)17-19(2)33(7)14-13-31-11-12-32-26-16-24-23(15-25(26)30-6)20(3)28-21(4)29-24/h9,15-16H,2,8,10-14,17-18H2,1,3-7H3. The molecular weight excluding hydrogens is 431 g/mol. The lowest BCUT2D eigenvalue weighted by atomic mass is 9.83. The molecule has 180 valence electrons. The summed E-state index contributed by atoms with van der Waals surface area (Å²) < 4.78 is 17.4. The Morgan fingerprint density at radius 3 is 2.64 bits per heavy atom. The number of ether oxygens (including phenoxy) is 3. The van der Waals surface area contributed by atoms with Crippen molar-refractivity contribution in [3.8, 4) is 11.5 Å². The van der Waals surface area contributed by atoms with Crippen LogP contribution in [0, 0.1) is 19.3 Å². The number of fused-ring (bicyclic) bond motifs is 1. The van der Waals surface area contributed by atoms with Crippen molar-refractivity contribution >= 4 is 18.8 Å². The van der Waals surface area contributed by atoms with Crippen molar-refractivity contribution in [3.63, 3.8) is 0 Å². The largest absolute Gasteiger partial charge is 0.493 e. The zero-order valence-electron chi connectivity index (χ0n) is 21.2. The van der Waals surface area contributed by atoms with Gasteiger partial charge in [-0.2, -0.15) is 0 Å². The topological polar surface area (TPSA) is 53.5 Å². The Labute approximate surface area is 200 Å². The molecule has 2 unspecified atom stereocenters. The molecule has 5 nitrogen and oxygen atoms in total. The van der Waals surface area contributed by atoms with Gasteiger partial charge < -0.3 is 14.2 Å². The van der Waals surface area contributed by atoms with E-state index in [0.717, 1.165) is 41.6 Å². The Bertz CT molecular complexity index is 1020. The van der Waals surface area contributed by atoms with Crippen molar-refractivity contribution in [2.45, 2.75) is 53.4 Å². The molecule has 0 radical (unpaired) electrons. The predicted octanol–water partition coefficient (Wildman–Crippen LogP) is 6.80. The monoisotopic (exact) mass is 470 g/mol. The molecule has 6 heteroatoms. The van der Waals surface area contributed by atoms with Crippen LogP contribution in [0.5, 0.6) is 11.5 Å². The van der Waals surface area contributed by atoms with E-state index in [1.165, 1.54) is 24.6 Å². The fourth-order valence-electron chi connectivity index (χ4n) is 4.49. The summed E-state index contributed by atoms with van der Waals surface area (Å²) in [5.74, 6) is 2.12. The first-order valence-electron chi connectivity index (χ1n) is 11.8. The van der Waals surface area contributed by atoms with Crippen molar-refractivity contribution in [2.75, 3.05) is 39.8 Å². The summed E-state index contributed by atoms with van der Waals surface area (Å²) in [5, 5.41) is 2.39. The third-order valence-electron chi connectivity index (χ3n) is 6.50. The lowest BCUT2D eigenvalue weighted by molar-refractivity contribution is 0.110. The average molecular weight is 471 g/mol. The SMILES string of the molecule is C=C(CC1(C)CC=C(CC)C1)P(C)CCOCCOc1cc2nc(C)nc(C)c2cc1OC. The highest BCUT2D eigenvalue weighted by Crippen LogP contribution is 2.50. The summed E-state index contributed by atoms with van der Waals surface area (Å²) in [7, 11) is 1.42. The molecule has 0 amide bonds. The van der Waals surface area contributed by atoms with Crippen LogP contribution in [0.25, 0.3) is 10.9 Å². The fourth-order valence-corrected chi connectivity index (χ4v) is 5.86. The molecule has 1 aromatic carbocycles. The average Bonchev–Trinajstić information content (AvgIpc) is 3.16. The van der Waals surface area contributed by atoms with Crippen LogP contribution >= 0.6 is 7.92 Å². The van der Waals surface area contributed by atoms with Crippen LogP contribution in [-0.4, -0.2) is 49.7 Å². The number of aromatic nitrogens is 2. The molecule has 2 aromatic rings. The van der Waals surface area contributed by atoms with Gasteiger partial charge in [0.1, 0.15) is 12.4 Å². The van der Waals surface area contributed by atoms with Crippen molar-refractivity contribution < 1.29 is 14.2 Å². The number of rotatable bonds is 12. The molecule has 33 heavy (non-hydrogen) atoms. The maximum Gasteiger partial charge on any atom is 0.163 e. The summed E-state index contributed by atoms with van der Waals surface area (Å²) in [6, 6.07) is 3.87. The van der Waals surface area contributed by atoms with Gasteiger partial charge in [-0.05, 0) is 63.8 Å². The van der Waals surface area contributed by atoms with E-state index < -0.39 is 0 Å². The smallest absolute Gasteiger partial charge is 0.163 e. The minimum atomic E-state index is -0.225. The number of benzene rings is 1. The van der Waals surface area contributed by atoms with Crippen molar-refractivity contribution in [1.82, 2.24) is 9.97 Å². The molecule has 0 saturated carbocycles. The third-order valence-corrected chi connectivity index (χ3v) is 8.59. The first kappa shape index (κ1) is 25.6. The molecule has 0 N–H and O–H groups in total. The second-order valence-electron chi connectivity index (χ2n) is 9.41. The highest BCUT2D eigenvalue weighted by Gasteiger charge is 2.30. The minimum Gasteiger partial charge on any atom is -0.493 e. The normalized spacial score (nSPS) is 18.9. The molecule has 1 aliphatic carbocycles. The molecule has 0 saturated heterocycles. The number of methoxy groups -OCH3 is 1. The van der Waals surface area contributed by atoms with Gasteiger partial charge in [-0.15, -0.1) is 0 Å². The molecule has 1 aromatic heterocycles. The van der Waals surface area contributed by atoms with Crippen LogP contribution in [-0.2, 0) is 4.74 Å². The quantitative estimate of drug-likeness (QED) is 0.194. The molecular formula is C27H39N2O3P. The number of aryl methyl sites for hydroxylation is 2. The number of nitrogens with zero attached hydrogens (tertiary/aromatic N) is 2. The van der Waals surface area contributed by atoms with E-state index in [1.807, 2.05) is 26.0 Å². The van der Waals surface area contributed by atoms with Crippen LogP contribution in [0.1, 0.15) is 51.0 Å². The Morgan fingerprint density at radius 2 is 1.94 bits per heavy atom. The summed E-state index contributed by atoms with van der Waals surface area (Å²) in [4.78, 5) is 8.96. The van der Waals surface area contributed by atoms with E-state index in [4.69, 9.17) is 14.2 Å². The Balaban J connectivity index is 1.41. The zero-order valence-corrected chi connectivity index (χ0v) is 22.1. The van der Waals surface area contributed by atoms with Gasteiger partial charge in [-0.3, -0.25) is 0 Å². The van der Waals surface area contributed by atoms with E-state index >= 15 is 0 Å². The number of hydrogen-bond acceptors (Lipinski definition) is 5. The molecule has 0 fully saturated rings. The summed E-state index contributed by atoms with van der Waals surface area (Å²) >= 11 is 0. The lowest BCUT2D eigenvalue weighted by Gasteiger charge is -2.28. The highest BCUT2D eigenvalue weighted by atomic mass is 31.1. The number of hydrogen-bond donors (Lipinski definition) is 0. The third kappa shape index (κ3) is 6.77. The minimum absolute atomic E-state index is 0.225. The molecule has 0 bridgehead atoms. The van der Waals surface area contributed by atoms with Crippen molar-refractivity contribution in [3.05, 3.63) is 47.2 Å². The first-order valence-corrected chi connectivity index (χ1v) is 13.8. The van der Waals surface area contributed by atoms with Gasteiger partial charge in [0.05, 0.1) is 25.8 Å². The van der Waals surface area contributed by atoms with Crippen LogP contribution in [0.2, 0.25) is 0 Å². The van der Waals surface area contributed by atoms with Crippen LogP contribution < -0.4 is 9.47 Å². The molecule has 2 atom stereocenters. The Morgan fingerprint density at radius 1 is 1.15 bits per heavy atom. The van der Waals surface area contributed by atoms with E-state index in [2.05, 4.69) is 43.1 Å². The van der Waals surface area contributed by atoms with Crippen molar-refractivity contribution in [2.24, 2.45) is 5.41 Å². The first-order chi connectivity index (χ1) is 15.7. The fraction of sp³-hybridized carbons (Fsp3) is 0.556. The van der Waals surface area contributed by atoms with E-state index in [-0.39, 0.29) is 7.92 Å². The highest BCUT2D eigenvalue weighted by molar-refractivity contribution is 7.61. The second-order valence-corrected chi connectivity index (χ2v) is 11.9. The molecule has 0 spiro atoms. The van der Waals surface area contributed by atoms with Gasteiger partial charge >= 0.3 is 0 Å². The van der Waals surface area contributed by atoms with Gasteiger partial charge in [0.15, 0.2) is 11.5 Å². The summed E-state index contributed by atoms with van der Waals surface area (Å²) in [6.45, 7) is 17.0. The van der Waals surface area contributed by atoms with Crippen LogP contribution in [0.3, 0.4) is 0 Å². The second kappa shape index (κ2) is 11.4. The molecule has 1 aliphatic rings. The van der Waals surface area contributed by atoms with E-state index in [1.54, 1.807) is 12.7 Å². The summed E-state index contributed by atoms with van der Waals surface area (Å²) in [6.07, 6.45) is 8.21. The molecule has 0 aliphatic heterocycles. The van der Waals surface area contributed by atoms with Gasteiger partial charge in [0.2, 0.25) is 0 Å². The zero-order chi connectivity index (χ0) is 24.0. The number of allylic oxidation sites excluding steroid dienone is 3. The maximum absolute atomic E-state index is 5.96. The Hall–Kier alpha value is -1.97. The maximum atomic E-state index is 5.96. The van der Waals surface area contributed by atoms with E-state index in [0.29, 0.717) is 30.1 Å². The van der Waals surface area contributed by atoms with Crippen LogP contribution in [0.15, 0.2) is 35.7 Å². The Kier molecular flexibility index (Phi) is 8.89. The predicted molar refractivity (Wildman–Crippen MR) is 139 cm³/mol. The van der Waals surface area contributed by atoms with Gasteiger partial charge in [0.25, 0.3) is 0 Å². The molecule has 3 rings (SSSR count). The van der Waals surface area contributed by atoms with Crippen molar-refractivity contribution in [1.29, 1.82) is 0 Å². The van der Waals surface area contributed by atoms with Gasteiger partial charge in [-0.1, -0.05) is 45.3 Å². The molecule has 1 heterocycles. The summed E-state index contributed by atoms with van der Waals surface area (Å²) in [5.41, 5.74) is 3.78. The van der Waals surface area contributed by atoms with E-state index in [9.17, 15) is 0 Å².